The molecular weight excluding hydrogens is 236 g/mol. The van der Waals surface area contributed by atoms with Crippen molar-refractivity contribution in [3.8, 4) is 0 Å². The second-order valence-corrected chi connectivity index (χ2v) is 5.05. The molecule has 0 saturated heterocycles. The average molecular weight is 258 g/mol. The van der Waals surface area contributed by atoms with Gasteiger partial charge < -0.3 is 14.6 Å². The molecule has 1 heterocycles. The van der Waals surface area contributed by atoms with E-state index >= 15 is 0 Å². The summed E-state index contributed by atoms with van der Waals surface area (Å²) in [5.41, 5.74) is 2.53. The maximum Gasteiger partial charge on any atom is 0.120 e. The van der Waals surface area contributed by atoms with Crippen LogP contribution in [0.2, 0.25) is 0 Å². The molecule has 0 amide bonds. The summed E-state index contributed by atoms with van der Waals surface area (Å²) in [6.07, 6.45) is 1.74. The molecule has 1 aromatic carbocycles. The molecule has 2 aromatic rings. The van der Waals surface area contributed by atoms with Gasteiger partial charge in [0.05, 0.1) is 12.8 Å². The van der Waals surface area contributed by atoms with Gasteiger partial charge in [0.15, 0.2) is 0 Å². The van der Waals surface area contributed by atoms with E-state index in [0.717, 1.165) is 18.8 Å². The standard InChI is InChI=1S/C16H22N2O/c1-13-9-10-19-16(13)12-17-11-15(18(2)3)14-7-5-4-6-8-14/h4-10,15,17H,11-12H2,1-3H3. The summed E-state index contributed by atoms with van der Waals surface area (Å²) in [6, 6.07) is 12.9. The molecule has 1 aromatic heterocycles. The Morgan fingerprint density at radius 3 is 2.47 bits per heavy atom. The Morgan fingerprint density at radius 1 is 1.16 bits per heavy atom. The van der Waals surface area contributed by atoms with Crippen LogP contribution in [0, 0.1) is 6.92 Å². The Balaban J connectivity index is 1.93. The highest BCUT2D eigenvalue weighted by Gasteiger charge is 2.13. The zero-order valence-electron chi connectivity index (χ0n) is 11.9. The fourth-order valence-electron chi connectivity index (χ4n) is 2.18. The summed E-state index contributed by atoms with van der Waals surface area (Å²) in [6.45, 7) is 3.74. The van der Waals surface area contributed by atoms with Gasteiger partial charge in [-0.05, 0) is 38.2 Å². The molecule has 0 aliphatic carbocycles. The lowest BCUT2D eigenvalue weighted by Gasteiger charge is -2.25. The summed E-state index contributed by atoms with van der Waals surface area (Å²) < 4.78 is 5.44. The molecule has 3 nitrogen and oxygen atoms in total. The summed E-state index contributed by atoms with van der Waals surface area (Å²) in [5, 5.41) is 3.47. The third-order valence-electron chi connectivity index (χ3n) is 3.40. The smallest absolute Gasteiger partial charge is 0.120 e. The van der Waals surface area contributed by atoms with Crippen LogP contribution in [0.15, 0.2) is 47.1 Å². The maximum absolute atomic E-state index is 5.44. The second-order valence-electron chi connectivity index (χ2n) is 5.05. The molecule has 1 N–H and O–H groups in total. The Labute approximate surface area is 115 Å². The predicted molar refractivity (Wildman–Crippen MR) is 78.0 cm³/mol. The third-order valence-corrected chi connectivity index (χ3v) is 3.40. The Morgan fingerprint density at radius 2 is 1.89 bits per heavy atom. The highest BCUT2D eigenvalue weighted by atomic mass is 16.3. The molecule has 0 fully saturated rings. The molecule has 3 heteroatoms. The SMILES string of the molecule is Cc1ccoc1CNCC(c1ccccc1)N(C)C. The summed E-state index contributed by atoms with van der Waals surface area (Å²) in [4.78, 5) is 2.23. The molecule has 1 unspecified atom stereocenters. The van der Waals surface area contributed by atoms with Gasteiger partial charge in [0.2, 0.25) is 0 Å². The van der Waals surface area contributed by atoms with Crippen molar-refractivity contribution in [1.29, 1.82) is 0 Å². The van der Waals surface area contributed by atoms with Crippen LogP contribution in [0.3, 0.4) is 0 Å². The van der Waals surface area contributed by atoms with E-state index in [9.17, 15) is 0 Å². The van der Waals surface area contributed by atoms with Crippen molar-refractivity contribution in [3.05, 3.63) is 59.5 Å². The lowest BCUT2D eigenvalue weighted by molar-refractivity contribution is 0.285. The van der Waals surface area contributed by atoms with E-state index in [2.05, 4.69) is 61.6 Å². The number of aryl methyl sites for hydroxylation is 1. The molecular formula is C16H22N2O. The minimum atomic E-state index is 0.372. The zero-order valence-corrected chi connectivity index (χ0v) is 11.9. The van der Waals surface area contributed by atoms with Crippen molar-refractivity contribution in [2.24, 2.45) is 0 Å². The number of nitrogens with zero attached hydrogens (tertiary/aromatic N) is 1. The first-order chi connectivity index (χ1) is 9.18. The third kappa shape index (κ3) is 3.69. The van der Waals surface area contributed by atoms with Crippen LogP contribution >= 0.6 is 0 Å². The highest BCUT2D eigenvalue weighted by Crippen LogP contribution is 2.17. The van der Waals surface area contributed by atoms with E-state index in [0.29, 0.717) is 6.04 Å². The fourth-order valence-corrected chi connectivity index (χ4v) is 2.18. The topological polar surface area (TPSA) is 28.4 Å². The van der Waals surface area contributed by atoms with Gasteiger partial charge >= 0.3 is 0 Å². The van der Waals surface area contributed by atoms with Crippen molar-refractivity contribution in [2.45, 2.75) is 19.5 Å². The van der Waals surface area contributed by atoms with Crippen molar-refractivity contribution in [2.75, 3.05) is 20.6 Å². The molecule has 102 valence electrons. The molecule has 0 spiro atoms. The van der Waals surface area contributed by atoms with E-state index in [4.69, 9.17) is 4.42 Å². The molecule has 2 rings (SSSR count). The Kier molecular flexibility index (Phi) is 4.77. The molecule has 0 aliphatic rings. The van der Waals surface area contributed by atoms with Crippen LogP contribution in [-0.4, -0.2) is 25.5 Å². The van der Waals surface area contributed by atoms with Crippen molar-refractivity contribution in [1.82, 2.24) is 10.2 Å². The van der Waals surface area contributed by atoms with Gasteiger partial charge in [-0.25, -0.2) is 0 Å². The van der Waals surface area contributed by atoms with Crippen molar-refractivity contribution >= 4 is 0 Å². The first-order valence-corrected chi connectivity index (χ1v) is 6.63. The minimum Gasteiger partial charge on any atom is -0.468 e. The van der Waals surface area contributed by atoms with Gasteiger partial charge in [0.25, 0.3) is 0 Å². The lowest BCUT2D eigenvalue weighted by atomic mass is 10.1. The number of benzene rings is 1. The quantitative estimate of drug-likeness (QED) is 0.863. The van der Waals surface area contributed by atoms with Crippen molar-refractivity contribution < 1.29 is 4.42 Å². The molecule has 1 atom stereocenters. The zero-order chi connectivity index (χ0) is 13.7. The number of hydrogen-bond donors (Lipinski definition) is 1. The van der Waals surface area contributed by atoms with Gasteiger partial charge in [0.1, 0.15) is 5.76 Å². The first-order valence-electron chi connectivity index (χ1n) is 6.63. The van der Waals surface area contributed by atoms with Gasteiger partial charge in [-0.15, -0.1) is 0 Å². The van der Waals surface area contributed by atoms with Crippen LogP contribution in [0.25, 0.3) is 0 Å². The van der Waals surface area contributed by atoms with Crippen LogP contribution in [-0.2, 0) is 6.54 Å². The Bertz CT molecular complexity index is 490. The molecule has 0 bridgehead atoms. The van der Waals surface area contributed by atoms with Crippen LogP contribution in [0.5, 0.6) is 0 Å². The van der Waals surface area contributed by atoms with E-state index in [-0.39, 0.29) is 0 Å². The monoisotopic (exact) mass is 258 g/mol. The molecule has 0 saturated carbocycles. The second kappa shape index (κ2) is 6.55. The van der Waals surface area contributed by atoms with Gasteiger partial charge in [-0.2, -0.15) is 0 Å². The van der Waals surface area contributed by atoms with Crippen molar-refractivity contribution in [3.63, 3.8) is 0 Å². The van der Waals surface area contributed by atoms with Crippen LogP contribution in [0.4, 0.5) is 0 Å². The Hall–Kier alpha value is -1.58. The summed E-state index contributed by atoms with van der Waals surface area (Å²) in [7, 11) is 4.22. The largest absolute Gasteiger partial charge is 0.468 e. The number of hydrogen-bond acceptors (Lipinski definition) is 3. The molecule has 19 heavy (non-hydrogen) atoms. The van der Waals surface area contributed by atoms with Crippen LogP contribution in [0.1, 0.15) is 22.9 Å². The van der Waals surface area contributed by atoms with E-state index < -0.39 is 0 Å². The average Bonchev–Trinajstić information content (AvgIpc) is 2.81. The number of rotatable bonds is 6. The van der Waals surface area contributed by atoms with Gasteiger partial charge in [-0.3, -0.25) is 0 Å². The highest BCUT2D eigenvalue weighted by molar-refractivity contribution is 5.19. The van der Waals surface area contributed by atoms with E-state index in [1.54, 1.807) is 6.26 Å². The van der Waals surface area contributed by atoms with Gasteiger partial charge in [-0.1, -0.05) is 30.3 Å². The number of likely N-dealkylation sites (N-methyl/N-ethyl adjacent to an activating group) is 1. The molecule has 0 aliphatic heterocycles. The van der Waals surface area contributed by atoms with Crippen LogP contribution < -0.4 is 5.32 Å². The first kappa shape index (κ1) is 13.8. The van der Waals surface area contributed by atoms with Gasteiger partial charge in [0, 0.05) is 12.6 Å². The lowest BCUT2D eigenvalue weighted by Crippen LogP contribution is -2.30. The minimum absolute atomic E-state index is 0.372. The summed E-state index contributed by atoms with van der Waals surface area (Å²) >= 11 is 0. The maximum atomic E-state index is 5.44. The molecule has 0 radical (unpaired) electrons. The number of nitrogens with one attached hydrogen (secondary N) is 1. The normalized spacial score (nSPS) is 12.8. The number of furan rings is 1. The van der Waals surface area contributed by atoms with E-state index in [1.807, 2.05) is 6.07 Å². The summed E-state index contributed by atoms with van der Waals surface area (Å²) in [5.74, 6) is 1.02. The fraction of sp³-hybridized carbons (Fsp3) is 0.375. The predicted octanol–water partition coefficient (Wildman–Crippen LogP) is 2.98. The van der Waals surface area contributed by atoms with E-state index in [1.165, 1.54) is 11.1 Å².